The Morgan fingerprint density at radius 1 is 1.25 bits per heavy atom. The number of benzene rings is 1. The summed E-state index contributed by atoms with van der Waals surface area (Å²) in [5.41, 5.74) is 1.87. The van der Waals surface area contributed by atoms with Crippen molar-refractivity contribution in [2.24, 2.45) is 5.92 Å². The topological polar surface area (TPSA) is 46.8 Å². The summed E-state index contributed by atoms with van der Waals surface area (Å²) in [6.07, 6.45) is 7.47. The van der Waals surface area contributed by atoms with Gasteiger partial charge < -0.3 is 0 Å². The molecule has 0 radical (unpaired) electrons. The standard InChI is InChI=1S/C18H20FN5/c19-17-6-5-15(18-16(17)4-1-7-21-18)11-23-8-2-3-14(9-23)10-24-13-20-12-22-24/h1,4-7,12-14H,2-3,8-11H2/t14-/m0/s1. The third kappa shape index (κ3) is 3.14. The van der Waals surface area contributed by atoms with Crippen LogP contribution in [-0.4, -0.2) is 37.7 Å². The van der Waals surface area contributed by atoms with Crippen molar-refractivity contribution in [1.29, 1.82) is 0 Å². The summed E-state index contributed by atoms with van der Waals surface area (Å²) in [5, 5.41) is 4.81. The summed E-state index contributed by atoms with van der Waals surface area (Å²) in [4.78, 5) is 10.8. The van der Waals surface area contributed by atoms with E-state index >= 15 is 0 Å². The van der Waals surface area contributed by atoms with E-state index in [4.69, 9.17) is 0 Å². The van der Waals surface area contributed by atoms with Crippen molar-refractivity contribution >= 4 is 10.9 Å². The van der Waals surface area contributed by atoms with Crippen molar-refractivity contribution in [2.45, 2.75) is 25.9 Å². The molecule has 0 bridgehead atoms. The van der Waals surface area contributed by atoms with Crippen LogP contribution in [0.25, 0.3) is 10.9 Å². The first-order valence-electron chi connectivity index (χ1n) is 8.36. The van der Waals surface area contributed by atoms with Gasteiger partial charge in [0.1, 0.15) is 18.5 Å². The zero-order chi connectivity index (χ0) is 16.4. The summed E-state index contributed by atoms with van der Waals surface area (Å²) in [7, 11) is 0. The van der Waals surface area contributed by atoms with Crippen LogP contribution < -0.4 is 0 Å². The largest absolute Gasteiger partial charge is 0.299 e. The molecule has 0 aliphatic carbocycles. The number of nitrogens with zero attached hydrogens (tertiary/aromatic N) is 5. The molecule has 2 aromatic heterocycles. The second kappa shape index (κ2) is 6.65. The Bertz CT molecular complexity index is 817. The maximum Gasteiger partial charge on any atom is 0.137 e. The summed E-state index contributed by atoms with van der Waals surface area (Å²) in [6, 6.07) is 7.00. The Morgan fingerprint density at radius 3 is 3.08 bits per heavy atom. The molecule has 0 saturated carbocycles. The van der Waals surface area contributed by atoms with E-state index in [0.717, 1.165) is 37.3 Å². The van der Waals surface area contributed by atoms with E-state index in [0.29, 0.717) is 11.3 Å². The molecule has 1 aliphatic heterocycles. The van der Waals surface area contributed by atoms with Crippen LogP contribution in [0.2, 0.25) is 0 Å². The third-order valence-electron chi connectivity index (χ3n) is 4.71. The lowest BCUT2D eigenvalue weighted by atomic mass is 9.97. The van der Waals surface area contributed by atoms with Gasteiger partial charge in [0, 0.05) is 31.2 Å². The lowest BCUT2D eigenvalue weighted by Gasteiger charge is -2.32. The first kappa shape index (κ1) is 15.2. The van der Waals surface area contributed by atoms with Gasteiger partial charge in [-0.15, -0.1) is 0 Å². The Balaban J connectivity index is 1.50. The molecular weight excluding hydrogens is 305 g/mol. The fourth-order valence-electron chi connectivity index (χ4n) is 3.60. The molecule has 6 heteroatoms. The molecule has 0 spiro atoms. The molecule has 1 aromatic carbocycles. The van der Waals surface area contributed by atoms with Gasteiger partial charge in [0.15, 0.2) is 0 Å². The van der Waals surface area contributed by atoms with Crippen LogP contribution in [0.4, 0.5) is 4.39 Å². The molecule has 0 unspecified atom stereocenters. The second-order valence-corrected chi connectivity index (χ2v) is 6.47. The van der Waals surface area contributed by atoms with Crippen molar-refractivity contribution in [3.63, 3.8) is 0 Å². The lowest BCUT2D eigenvalue weighted by molar-refractivity contribution is 0.153. The normalized spacial score (nSPS) is 19.0. The number of fused-ring (bicyclic) bond motifs is 1. The number of likely N-dealkylation sites (tertiary alicyclic amines) is 1. The number of rotatable bonds is 4. The average molecular weight is 325 g/mol. The zero-order valence-electron chi connectivity index (χ0n) is 13.5. The predicted molar refractivity (Wildman–Crippen MR) is 89.7 cm³/mol. The van der Waals surface area contributed by atoms with Crippen LogP contribution in [0.1, 0.15) is 18.4 Å². The average Bonchev–Trinajstić information content (AvgIpc) is 3.11. The van der Waals surface area contributed by atoms with Gasteiger partial charge in [-0.1, -0.05) is 6.07 Å². The van der Waals surface area contributed by atoms with Crippen LogP contribution >= 0.6 is 0 Å². The monoisotopic (exact) mass is 325 g/mol. The Kier molecular flexibility index (Phi) is 4.21. The minimum Gasteiger partial charge on any atom is -0.299 e. The molecule has 1 fully saturated rings. The van der Waals surface area contributed by atoms with E-state index in [9.17, 15) is 4.39 Å². The molecule has 1 atom stereocenters. The molecule has 1 saturated heterocycles. The maximum atomic E-state index is 13.9. The molecule has 0 N–H and O–H groups in total. The van der Waals surface area contributed by atoms with Crippen molar-refractivity contribution < 1.29 is 4.39 Å². The van der Waals surface area contributed by atoms with E-state index < -0.39 is 0 Å². The lowest BCUT2D eigenvalue weighted by Crippen LogP contribution is -2.36. The SMILES string of the molecule is Fc1ccc(CN2CCC[C@H](Cn3cncn3)C2)c2ncccc12. The molecule has 0 amide bonds. The summed E-state index contributed by atoms with van der Waals surface area (Å²) < 4.78 is 15.9. The number of halogens is 1. The Labute approximate surface area is 140 Å². The van der Waals surface area contributed by atoms with Crippen molar-refractivity contribution in [1.82, 2.24) is 24.6 Å². The highest BCUT2D eigenvalue weighted by Crippen LogP contribution is 2.24. The van der Waals surface area contributed by atoms with E-state index in [1.807, 2.05) is 10.7 Å². The molecule has 3 aromatic rings. The molecule has 3 heterocycles. The Morgan fingerprint density at radius 2 is 2.21 bits per heavy atom. The van der Waals surface area contributed by atoms with Gasteiger partial charge in [-0.25, -0.2) is 9.37 Å². The maximum absolute atomic E-state index is 13.9. The summed E-state index contributed by atoms with van der Waals surface area (Å²) in [6.45, 7) is 3.80. The van der Waals surface area contributed by atoms with Gasteiger partial charge in [0.25, 0.3) is 0 Å². The third-order valence-corrected chi connectivity index (χ3v) is 4.71. The van der Waals surface area contributed by atoms with Crippen LogP contribution in [0.15, 0.2) is 43.1 Å². The van der Waals surface area contributed by atoms with Crippen molar-refractivity contribution in [3.05, 3.63) is 54.5 Å². The molecule has 24 heavy (non-hydrogen) atoms. The van der Waals surface area contributed by atoms with E-state index in [1.165, 1.54) is 12.8 Å². The van der Waals surface area contributed by atoms with E-state index in [1.54, 1.807) is 37.1 Å². The van der Waals surface area contributed by atoms with Crippen LogP contribution in [0.5, 0.6) is 0 Å². The number of piperidine rings is 1. The van der Waals surface area contributed by atoms with Gasteiger partial charge in [-0.05, 0) is 49.1 Å². The number of hydrogen-bond acceptors (Lipinski definition) is 4. The van der Waals surface area contributed by atoms with Crippen molar-refractivity contribution in [2.75, 3.05) is 13.1 Å². The van der Waals surface area contributed by atoms with E-state index in [2.05, 4.69) is 20.0 Å². The smallest absolute Gasteiger partial charge is 0.137 e. The molecule has 1 aliphatic rings. The molecular formula is C18H20FN5. The quantitative estimate of drug-likeness (QED) is 0.740. The van der Waals surface area contributed by atoms with Gasteiger partial charge in [-0.3, -0.25) is 14.6 Å². The van der Waals surface area contributed by atoms with Crippen LogP contribution in [-0.2, 0) is 13.1 Å². The second-order valence-electron chi connectivity index (χ2n) is 6.47. The fourth-order valence-corrected chi connectivity index (χ4v) is 3.60. The minimum atomic E-state index is -0.204. The molecule has 4 rings (SSSR count). The van der Waals surface area contributed by atoms with Crippen molar-refractivity contribution in [3.8, 4) is 0 Å². The van der Waals surface area contributed by atoms with Crippen LogP contribution in [0.3, 0.4) is 0 Å². The summed E-state index contributed by atoms with van der Waals surface area (Å²) in [5.74, 6) is 0.365. The van der Waals surface area contributed by atoms with Gasteiger partial charge in [0.2, 0.25) is 0 Å². The van der Waals surface area contributed by atoms with E-state index in [-0.39, 0.29) is 5.82 Å². The van der Waals surface area contributed by atoms with Gasteiger partial charge in [-0.2, -0.15) is 5.10 Å². The highest BCUT2D eigenvalue weighted by atomic mass is 19.1. The number of pyridine rings is 1. The molecule has 5 nitrogen and oxygen atoms in total. The van der Waals surface area contributed by atoms with Gasteiger partial charge >= 0.3 is 0 Å². The first-order chi connectivity index (χ1) is 11.8. The fraction of sp³-hybridized carbons (Fsp3) is 0.389. The predicted octanol–water partition coefficient (Wildman–Crippen LogP) is 2.88. The highest BCUT2D eigenvalue weighted by molar-refractivity contribution is 5.82. The minimum absolute atomic E-state index is 0.204. The summed E-state index contributed by atoms with van der Waals surface area (Å²) >= 11 is 0. The zero-order valence-corrected chi connectivity index (χ0v) is 13.5. The Hall–Kier alpha value is -2.34. The first-order valence-corrected chi connectivity index (χ1v) is 8.36. The number of hydrogen-bond donors (Lipinski definition) is 0. The van der Waals surface area contributed by atoms with Crippen LogP contribution in [0, 0.1) is 11.7 Å². The van der Waals surface area contributed by atoms with Gasteiger partial charge in [0.05, 0.1) is 5.52 Å². The highest BCUT2D eigenvalue weighted by Gasteiger charge is 2.21. The molecule has 124 valence electrons. The number of aromatic nitrogens is 4.